The molecule has 0 radical (unpaired) electrons. The van der Waals surface area contributed by atoms with Crippen LogP contribution in [-0.4, -0.2) is 42.5 Å². The van der Waals surface area contributed by atoms with Crippen molar-refractivity contribution in [3.05, 3.63) is 58.6 Å². The van der Waals surface area contributed by atoms with E-state index in [1.165, 1.54) is 5.01 Å². The number of nitrogens with one attached hydrogen (secondary N) is 1. The van der Waals surface area contributed by atoms with E-state index in [9.17, 15) is 4.79 Å². The molecule has 2 aliphatic rings. The number of fused-ring (bicyclic) bond motifs is 2. The van der Waals surface area contributed by atoms with Crippen molar-refractivity contribution in [2.75, 3.05) is 26.7 Å². The summed E-state index contributed by atoms with van der Waals surface area (Å²) < 4.78 is 6.80. The molecule has 1 aromatic heterocycles. The van der Waals surface area contributed by atoms with E-state index < -0.39 is 0 Å². The summed E-state index contributed by atoms with van der Waals surface area (Å²) in [7, 11) is 2.18. The summed E-state index contributed by atoms with van der Waals surface area (Å²) >= 11 is 1.74. The maximum atomic E-state index is 12.9. The fourth-order valence-electron chi connectivity index (χ4n) is 4.25. The maximum Gasteiger partial charge on any atom is 0.251 e. The first-order valence-corrected chi connectivity index (χ1v) is 11.1. The van der Waals surface area contributed by atoms with Crippen LogP contribution >= 0.6 is 11.3 Å². The molecule has 150 valence electrons. The summed E-state index contributed by atoms with van der Waals surface area (Å²) in [6, 6.07) is 13.8. The summed E-state index contributed by atoms with van der Waals surface area (Å²) in [6.07, 6.45) is 3.10. The van der Waals surface area contributed by atoms with Crippen LogP contribution < -0.4 is 10.1 Å². The third-order valence-corrected chi connectivity index (χ3v) is 7.18. The summed E-state index contributed by atoms with van der Waals surface area (Å²) in [5.41, 5.74) is 2.74. The number of ether oxygens (including phenoxy) is 1. The quantitative estimate of drug-likeness (QED) is 0.701. The number of hydrogen-bond acceptors (Lipinski definition) is 5. The minimum absolute atomic E-state index is 0.0144. The van der Waals surface area contributed by atoms with Crippen LogP contribution in [0.5, 0.6) is 5.75 Å². The second kappa shape index (κ2) is 7.76. The molecular weight excluding hydrogens is 382 g/mol. The van der Waals surface area contributed by atoms with Gasteiger partial charge in [0.2, 0.25) is 0 Å². The van der Waals surface area contributed by atoms with E-state index in [-0.39, 0.29) is 11.9 Å². The predicted molar refractivity (Wildman–Crippen MR) is 116 cm³/mol. The van der Waals surface area contributed by atoms with E-state index in [1.54, 1.807) is 11.3 Å². The normalized spacial score (nSPS) is 20.2. The topological polar surface area (TPSA) is 54.5 Å². The van der Waals surface area contributed by atoms with Gasteiger partial charge in [-0.1, -0.05) is 18.2 Å². The van der Waals surface area contributed by atoms with Crippen LogP contribution in [0.25, 0.3) is 10.2 Å². The van der Waals surface area contributed by atoms with Crippen LogP contribution in [0.15, 0.2) is 42.5 Å². The molecule has 0 unspecified atom stereocenters. The molecule has 3 heterocycles. The monoisotopic (exact) mass is 407 g/mol. The van der Waals surface area contributed by atoms with Crippen molar-refractivity contribution in [1.29, 1.82) is 0 Å². The summed E-state index contributed by atoms with van der Waals surface area (Å²) in [5, 5.41) is 4.40. The van der Waals surface area contributed by atoms with Crippen LogP contribution in [0.1, 0.15) is 52.2 Å². The largest absolute Gasteiger partial charge is 0.493 e. The number of carbonyl (C=O) groups is 1. The number of amides is 1. The van der Waals surface area contributed by atoms with Gasteiger partial charge in [-0.2, -0.15) is 0 Å². The molecule has 1 N–H and O–H groups in total. The zero-order chi connectivity index (χ0) is 19.8. The first kappa shape index (κ1) is 18.6. The van der Waals surface area contributed by atoms with Gasteiger partial charge in [-0.15, -0.1) is 11.3 Å². The minimum atomic E-state index is -0.0390. The highest BCUT2D eigenvalue weighted by Gasteiger charge is 2.24. The van der Waals surface area contributed by atoms with Gasteiger partial charge in [-0.05, 0) is 57.2 Å². The van der Waals surface area contributed by atoms with Crippen molar-refractivity contribution >= 4 is 27.5 Å². The van der Waals surface area contributed by atoms with Gasteiger partial charge in [0.1, 0.15) is 5.75 Å². The molecule has 1 amide bonds. The Morgan fingerprint density at radius 3 is 2.86 bits per heavy atom. The van der Waals surface area contributed by atoms with E-state index in [1.807, 2.05) is 42.5 Å². The number of thiazole rings is 1. The first-order chi connectivity index (χ1) is 14.2. The minimum Gasteiger partial charge on any atom is -0.493 e. The Balaban J connectivity index is 1.35. The number of nitrogens with zero attached hydrogens (tertiary/aromatic N) is 2. The summed E-state index contributed by atoms with van der Waals surface area (Å²) in [6.45, 7) is 2.87. The zero-order valence-corrected chi connectivity index (χ0v) is 17.4. The summed E-state index contributed by atoms with van der Waals surface area (Å²) in [5.74, 6) is 1.37. The van der Waals surface area contributed by atoms with E-state index in [4.69, 9.17) is 9.72 Å². The standard InChI is InChI=1S/C23H25N3O2S/c1-26-11-8-15(9-12-26)23-25-19-7-6-16(14-21(19)29-23)22(27)24-18-10-13-28-20-5-3-2-4-17(18)20/h2-7,14-15,18H,8-13H2,1H3,(H,24,27)/t18-/m0/s1. The van der Waals surface area contributed by atoms with E-state index in [2.05, 4.69) is 17.3 Å². The molecule has 1 fully saturated rings. The molecule has 5 nitrogen and oxygen atoms in total. The number of hydrogen-bond donors (Lipinski definition) is 1. The molecule has 2 aromatic carbocycles. The molecular formula is C23H25N3O2S. The van der Waals surface area contributed by atoms with Crippen molar-refractivity contribution in [3.8, 4) is 5.75 Å². The van der Waals surface area contributed by atoms with Crippen molar-refractivity contribution < 1.29 is 9.53 Å². The molecule has 0 bridgehead atoms. The Labute approximate surface area is 174 Å². The zero-order valence-electron chi connectivity index (χ0n) is 16.6. The lowest BCUT2D eigenvalue weighted by Gasteiger charge is -2.27. The number of para-hydroxylation sites is 1. The second-order valence-corrected chi connectivity index (χ2v) is 9.08. The average molecular weight is 408 g/mol. The van der Waals surface area contributed by atoms with Crippen LogP contribution in [0.2, 0.25) is 0 Å². The first-order valence-electron chi connectivity index (χ1n) is 10.3. The SMILES string of the molecule is CN1CCC(c2nc3ccc(C(=O)N[C@H]4CCOc5ccccc54)cc3s2)CC1. The van der Waals surface area contributed by atoms with E-state index >= 15 is 0 Å². The number of carbonyl (C=O) groups excluding carboxylic acids is 1. The molecule has 1 atom stereocenters. The van der Waals surface area contributed by atoms with Gasteiger partial charge in [0.05, 0.1) is 27.9 Å². The Morgan fingerprint density at radius 1 is 1.17 bits per heavy atom. The summed E-state index contributed by atoms with van der Waals surface area (Å²) in [4.78, 5) is 20.2. The Bertz CT molecular complexity index is 1040. The molecule has 0 spiro atoms. The Hall–Kier alpha value is -2.44. The lowest BCUT2D eigenvalue weighted by Crippen LogP contribution is -2.32. The second-order valence-electron chi connectivity index (χ2n) is 8.01. The Morgan fingerprint density at radius 2 is 2.00 bits per heavy atom. The average Bonchev–Trinajstić information content (AvgIpc) is 3.18. The molecule has 29 heavy (non-hydrogen) atoms. The number of aromatic nitrogens is 1. The third-order valence-electron chi connectivity index (χ3n) is 6.00. The number of benzene rings is 2. The van der Waals surface area contributed by atoms with Gasteiger partial charge in [-0.25, -0.2) is 4.98 Å². The van der Waals surface area contributed by atoms with Crippen LogP contribution in [0.3, 0.4) is 0 Å². The van der Waals surface area contributed by atoms with Gasteiger partial charge in [0.15, 0.2) is 0 Å². The van der Waals surface area contributed by atoms with E-state index in [0.717, 1.165) is 53.9 Å². The molecule has 0 saturated carbocycles. The molecule has 5 rings (SSSR count). The lowest BCUT2D eigenvalue weighted by atomic mass is 9.98. The van der Waals surface area contributed by atoms with Crippen LogP contribution in [0.4, 0.5) is 0 Å². The van der Waals surface area contributed by atoms with Gasteiger partial charge >= 0.3 is 0 Å². The third kappa shape index (κ3) is 3.74. The molecule has 0 aliphatic carbocycles. The van der Waals surface area contributed by atoms with Crippen LogP contribution in [-0.2, 0) is 0 Å². The fraction of sp³-hybridized carbons (Fsp3) is 0.391. The Kier molecular flexibility index (Phi) is 4.97. The van der Waals surface area contributed by atoms with Gasteiger partial charge in [0.25, 0.3) is 5.91 Å². The van der Waals surface area contributed by atoms with Crippen molar-refractivity contribution in [2.45, 2.75) is 31.2 Å². The number of rotatable bonds is 3. The fourth-order valence-corrected chi connectivity index (χ4v) is 5.42. The molecule has 1 saturated heterocycles. The van der Waals surface area contributed by atoms with Gasteiger partial charge in [0, 0.05) is 23.5 Å². The number of piperidine rings is 1. The highest BCUT2D eigenvalue weighted by atomic mass is 32.1. The maximum absolute atomic E-state index is 12.9. The van der Waals surface area contributed by atoms with Gasteiger partial charge < -0.3 is 15.0 Å². The van der Waals surface area contributed by atoms with E-state index in [0.29, 0.717) is 18.1 Å². The van der Waals surface area contributed by atoms with Crippen molar-refractivity contribution in [1.82, 2.24) is 15.2 Å². The highest BCUT2D eigenvalue weighted by molar-refractivity contribution is 7.18. The van der Waals surface area contributed by atoms with Gasteiger partial charge in [-0.3, -0.25) is 4.79 Å². The highest BCUT2D eigenvalue weighted by Crippen LogP contribution is 2.35. The number of likely N-dealkylation sites (tertiary alicyclic amines) is 1. The van der Waals surface area contributed by atoms with Crippen LogP contribution in [0, 0.1) is 0 Å². The predicted octanol–water partition coefficient (Wildman–Crippen LogP) is 4.36. The molecule has 6 heteroatoms. The van der Waals surface area contributed by atoms with Crippen molar-refractivity contribution in [2.24, 2.45) is 0 Å². The smallest absolute Gasteiger partial charge is 0.251 e. The lowest BCUT2D eigenvalue weighted by molar-refractivity contribution is 0.0925. The van der Waals surface area contributed by atoms with Crippen molar-refractivity contribution in [3.63, 3.8) is 0 Å². The molecule has 2 aliphatic heterocycles. The molecule has 3 aromatic rings.